The first kappa shape index (κ1) is 22.3. The highest BCUT2D eigenvalue weighted by molar-refractivity contribution is 6.30. The van der Waals surface area contributed by atoms with Gasteiger partial charge in [0.25, 0.3) is 5.91 Å². The number of carbonyl (C=O) groups excluding carboxylic acids is 1. The quantitative estimate of drug-likeness (QED) is 0.378. The number of hydrogen-bond acceptors (Lipinski definition) is 6. The molecule has 2 aromatic heterocycles. The minimum Gasteiger partial charge on any atom is -0.368 e. The second kappa shape index (κ2) is 9.80. The largest absolute Gasteiger partial charge is 0.368 e. The van der Waals surface area contributed by atoms with Crippen molar-refractivity contribution in [2.24, 2.45) is 5.73 Å². The van der Waals surface area contributed by atoms with Crippen molar-refractivity contribution in [2.75, 3.05) is 36.4 Å². The molecular weight excluding hydrogens is 450 g/mol. The number of anilines is 2. The Hall–Kier alpha value is -3.46. The van der Waals surface area contributed by atoms with Crippen LogP contribution in [-0.4, -0.2) is 52.7 Å². The fraction of sp³-hybridized carbons (Fsp3) is 0.240. The Bertz CT molecular complexity index is 1320. The van der Waals surface area contributed by atoms with Gasteiger partial charge in [-0.25, -0.2) is 9.50 Å². The molecule has 0 unspecified atom stereocenters. The molecular formula is C25H26ClN7O. The summed E-state index contributed by atoms with van der Waals surface area (Å²) in [6.07, 6.45) is 4.51. The molecule has 1 fully saturated rings. The van der Waals surface area contributed by atoms with Crippen molar-refractivity contribution in [3.8, 4) is 11.1 Å². The van der Waals surface area contributed by atoms with E-state index >= 15 is 0 Å². The average Bonchev–Trinajstić information content (AvgIpc) is 3.50. The van der Waals surface area contributed by atoms with Gasteiger partial charge in [-0.15, -0.1) is 0 Å². The molecule has 1 aliphatic rings. The summed E-state index contributed by atoms with van der Waals surface area (Å²) in [6.45, 7) is 3.21. The number of amides is 1. The normalized spacial score (nSPS) is 15.7. The lowest BCUT2D eigenvalue weighted by Crippen LogP contribution is -2.35. The Morgan fingerprint density at radius 3 is 2.91 bits per heavy atom. The van der Waals surface area contributed by atoms with Crippen molar-refractivity contribution in [1.82, 2.24) is 19.9 Å². The van der Waals surface area contributed by atoms with Crippen molar-refractivity contribution < 1.29 is 4.79 Å². The van der Waals surface area contributed by atoms with Crippen molar-refractivity contribution in [2.45, 2.75) is 12.5 Å². The number of halogens is 1. The molecule has 4 aromatic rings. The van der Waals surface area contributed by atoms with E-state index in [-0.39, 0.29) is 5.91 Å². The molecule has 1 amide bonds. The molecule has 174 valence electrons. The molecule has 3 heterocycles. The van der Waals surface area contributed by atoms with Crippen LogP contribution in [0.1, 0.15) is 16.9 Å². The Kier molecular flexibility index (Phi) is 6.44. The van der Waals surface area contributed by atoms with E-state index in [0.29, 0.717) is 29.0 Å². The molecule has 1 atom stereocenters. The average molecular weight is 476 g/mol. The van der Waals surface area contributed by atoms with Crippen molar-refractivity contribution in [1.29, 1.82) is 0 Å². The number of nitrogens with zero attached hydrogens (tertiary/aromatic N) is 4. The number of nitrogens with one attached hydrogen (secondary N) is 2. The van der Waals surface area contributed by atoms with E-state index in [1.807, 2.05) is 48.5 Å². The van der Waals surface area contributed by atoms with Gasteiger partial charge in [0.2, 0.25) is 0 Å². The highest BCUT2D eigenvalue weighted by Crippen LogP contribution is 2.30. The van der Waals surface area contributed by atoms with E-state index in [4.69, 9.17) is 17.3 Å². The molecule has 5 rings (SSSR count). The van der Waals surface area contributed by atoms with Crippen LogP contribution in [0.5, 0.6) is 0 Å². The standard InChI is InChI=1S/C25H26ClN7O/c26-18-5-3-4-17(14-18)20-15-29-33-13-9-22(30-24(20)33)25(34)31-21-6-1-2-7-23(21)32-12-8-19(16-32)28-11-10-27/h1-7,9,13-15,19,28H,8,10-12,16,27H2,(H,31,34)/t19-/m1/s1. The fourth-order valence-electron chi connectivity index (χ4n) is 4.33. The summed E-state index contributed by atoms with van der Waals surface area (Å²) in [5, 5.41) is 11.5. The van der Waals surface area contributed by atoms with Crippen molar-refractivity contribution in [3.63, 3.8) is 0 Å². The van der Waals surface area contributed by atoms with Gasteiger partial charge >= 0.3 is 0 Å². The topological polar surface area (TPSA) is 101 Å². The van der Waals surface area contributed by atoms with E-state index in [2.05, 4.69) is 25.6 Å². The minimum atomic E-state index is -0.273. The Balaban J connectivity index is 1.38. The van der Waals surface area contributed by atoms with E-state index in [0.717, 1.165) is 48.6 Å². The molecule has 34 heavy (non-hydrogen) atoms. The first-order chi connectivity index (χ1) is 16.6. The number of aromatic nitrogens is 3. The SMILES string of the molecule is NCCN[C@@H]1CCN(c2ccccc2NC(=O)c2ccn3ncc(-c4cccc(Cl)c4)c3n2)C1. The summed E-state index contributed by atoms with van der Waals surface area (Å²) < 4.78 is 1.65. The maximum atomic E-state index is 13.2. The number of hydrogen-bond donors (Lipinski definition) is 3. The number of nitrogens with two attached hydrogens (primary N) is 1. The lowest BCUT2D eigenvalue weighted by molar-refractivity contribution is 0.102. The van der Waals surface area contributed by atoms with Crippen LogP contribution >= 0.6 is 11.6 Å². The zero-order valence-electron chi connectivity index (χ0n) is 18.6. The molecule has 2 aromatic carbocycles. The zero-order chi connectivity index (χ0) is 23.5. The summed E-state index contributed by atoms with van der Waals surface area (Å²) in [4.78, 5) is 20.1. The third-order valence-electron chi connectivity index (χ3n) is 6.00. The predicted molar refractivity (Wildman–Crippen MR) is 136 cm³/mol. The van der Waals surface area contributed by atoms with E-state index in [1.54, 1.807) is 23.0 Å². The second-order valence-electron chi connectivity index (χ2n) is 8.30. The highest BCUT2D eigenvalue weighted by Gasteiger charge is 2.24. The minimum absolute atomic E-state index is 0.273. The van der Waals surface area contributed by atoms with Gasteiger partial charge in [0.1, 0.15) is 5.69 Å². The predicted octanol–water partition coefficient (Wildman–Crippen LogP) is 3.43. The number of carbonyl (C=O) groups is 1. The van der Waals surface area contributed by atoms with Gasteiger partial charge in [0.05, 0.1) is 17.6 Å². The van der Waals surface area contributed by atoms with Gasteiger partial charge in [-0.05, 0) is 42.3 Å². The Morgan fingerprint density at radius 2 is 2.06 bits per heavy atom. The molecule has 1 aliphatic heterocycles. The molecule has 0 aliphatic carbocycles. The van der Waals surface area contributed by atoms with Crippen molar-refractivity contribution >= 4 is 34.5 Å². The monoisotopic (exact) mass is 475 g/mol. The van der Waals surface area contributed by atoms with Gasteiger partial charge in [-0.3, -0.25) is 4.79 Å². The van der Waals surface area contributed by atoms with Crippen LogP contribution in [0.25, 0.3) is 16.8 Å². The van der Waals surface area contributed by atoms with E-state index in [1.165, 1.54) is 0 Å². The lowest BCUT2D eigenvalue weighted by atomic mass is 10.1. The molecule has 8 nitrogen and oxygen atoms in total. The molecule has 0 spiro atoms. The second-order valence-corrected chi connectivity index (χ2v) is 8.73. The summed E-state index contributed by atoms with van der Waals surface area (Å²) >= 11 is 6.16. The maximum absolute atomic E-state index is 13.2. The van der Waals surface area contributed by atoms with Gasteiger partial charge < -0.3 is 21.3 Å². The summed E-state index contributed by atoms with van der Waals surface area (Å²) in [5.41, 5.74) is 9.99. The van der Waals surface area contributed by atoms with Gasteiger partial charge in [0.15, 0.2) is 5.65 Å². The van der Waals surface area contributed by atoms with Crippen LogP contribution in [0.4, 0.5) is 11.4 Å². The number of benzene rings is 2. The van der Waals surface area contributed by atoms with Crippen LogP contribution in [-0.2, 0) is 0 Å². The molecule has 9 heteroatoms. The van der Waals surface area contributed by atoms with Crippen LogP contribution in [0.2, 0.25) is 5.02 Å². The third kappa shape index (κ3) is 4.61. The molecule has 4 N–H and O–H groups in total. The third-order valence-corrected chi connectivity index (χ3v) is 6.23. The summed E-state index contributed by atoms with van der Waals surface area (Å²) in [7, 11) is 0. The first-order valence-electron chi connectivity index (χ1n) is 11.3. The molecule has 0 radical (unpaired) electrons. The summed E-state index contributed by atoms with van der Waals surface area (Å²) in [6, 6.07) is 17.4. The van der Waals surface area contributed by atoms with Crippen LogP contribution < -0.4 is 21.3 Å². The smallest absolute Gasteiger partial charge is 0.274 e. The highest BCUT2D eigenvalue weighted by atomic mass is 35.5. The summed E-state index contributed by atoms with van der Waals surface area (Å²) in [5.74, 6) is -0.273. The lowest BCUT2D eigenvalue weighted by Gasteiger charge is -2.22. The van der Waals surface area contributed by atoms with Gasteiger partial charge in [0, 0.05) is 49.0 Å². The Morgan fingerprint density at radius 1 is 1.18 bits per heavy atom. The van der Waals surface area contributed by atoms with Gasteiger partial charge in [-0.2, -0.15) is 5.10 Å². The zero-order valence-corrected chi connectivity index (χ0v) is 19.4. The van der Waals surface area contributed by atoms with Crippen molar-refractivity contribution in [3.05, 3.63) is 77.7 Å². The number of rotatable bonds is 7. The number of para-hydroxylation sites is 2. The van der Waals surface area contributed by atoms with Crippen LogP contribution in [0.15, 0.2) is 67.0 Å². The fourth-order valence-corrected chi connectivity index (χ4v) is 4.52. The Labute approximate surface area is 202 Å². The van der Waals surface area contributed by atoms with Gasteiger partial charge in [-0.1, -0.05) is 35.9 Å². The molecule has 1 saturated heterocycles. The molecule has 0 saturated carbocycles. The first-order valence-corrected chi connectivity index (χ1v) is 11.7. The molecule has 0 bridgehead atoms. The van der Waals surface area contributed by atoms with E-state index in [9.17, 15) is 4.79 Å². The number of fused-ring (bicyclic) bond motifs is 1. The van der Waals surface area contributed by atoms with Crippen LogP contribution in [0, 0.1) is 0 Å². The van der Waals surface area contributed by atoms with Crippen LogP contribution in [0.3, 0.4) is 0 Å². The maximum Gasteiger partial charge on any atom is 0.274 e. The van der Waals surface area contributed by atoms with E-state index < -0.39 is 0 Å².